The van der Waals surface area contributed by atoms with Crippen molar-refractivity contribution >= 4 is 22.9 Å². The van der Waals surface area contributed by atoms with Gasteiger partial charge in [-0.05, 0) is 47.8 Å². The van der Waals surface area contributed by atoms with E-state index in [4.69, 9.17) is 5.14 Å². The number of fused-ring (bicyclic) bond motifs is 1. The summed E-state index contributed by atoms with van der Waals surface area (Å²) in [5, 5.41) is 6.57. The van der Waals surface area contributed by atoms with E-state index in [2.05, 4.69) is 4.98 Å². The lowest BCUT2D eigenvalue weighted by molar-refractivity contribution is 0.629. The van der Waals surface area contributed by atoms with Gasteiger partial charge in [-0.15, -0.1) is 0 Å². The lowest BCUT2D eigenvalue weighted by Crippen LogP contribution is -1.81. The second-order valence-corrected chi connectivity index (χ2v) is 4.75. The Kier molecular flexibility index (Phi) is 2.81. The van der Waals surface area contributed by atoms with Gasteiger partial charge in [0.15, 0.2) is 0 Å². The minimum atomic E-state index is -0.234. The van der Waals surface area contributed by atoms with Crippen LogP contribution in [-0.4, -0.2) is 4.98 Å². The molecule has 1 heterocycles. The standard InChI is InChI=1S/C14H11FN2S/c15-10-4-5-12-13(8-17-14(12)7-10)9-2-1-3-11(6-9)18-16/h1-8,17H,16H2. The van der Waals surface area contributed by atoms with Crippen molar-refractivity contribution in [3.05, 3.63) is 54.5 Å². The van der Waals surface area contributed by atoms with Crippen molar-refractivity contribution in [1.29, 1.82) is 0 Å². The normalized spacial score (nSPS) is 11.0. The molecule has 0 aliphatic heterocycles. The van der Waals surface area contributed by atoms with Crippen LogP contribution < -0.4 is 5.14 Å². The molecule has 3 N–H and O–H groups in total. The van der Waals surface area contributed by atoms with Crippen molar-refractivity contribution < 1.29 is 4.39 Å². The highest BCUT2D eigenvalue weighted by Crippen LogP contribution is 2.30. The SMILES string of the molecule is NSc1cccc(-c2c[nH]c3cc(F)ccc23)c1. The van der Waals surface area contributed by atoms with Crippen LogP contribution in [0, 0.1) is 5.82 Å². The number of nitrogens with two attached hydrogens (primary N) is 1. The molecule has 3 rings (SSSR count). The molecule has 2 aromatic carbocycles. The van der Waals surface area contributed by atoms with Crippen molar-refractivity contribution in [2.45, 2.75) is 4.90 Å². The van der Waals surface area contributed by atoms with Crippen LogP contribution in [0.5, 0.6) is 0 Å². The molecule has 18 heavy (non-hydrogen) atoms. The Morgan fingerprint density at radius 2 is 2.00 bits per heavy atom. The second-order valence-electron chi connectivity index (χ2n) is 4.04. The summed E-state index contributed by atoms with van der Waals surface area (Å²) in [4.78, 5) is 4.09. The Hall–Kier alpha value is -1.78. The zero-order valence-corrected chi connectivity index (χ0v) is 10.3. The molecular formula is C14H11FN2S. The highest BCUT2D eigenvalue weighted by molar-refractivity contribution is 7.97. The average Bonchev–Trinajstić information content (AvgIpc) is 2.81. The first kappa shape index (κ1) is 11.3. The van der Waals surface area contributed by atoms with Crippen LogP contribution in [0.25, 0.3) is 22.0 Å². The monoisotopic (exact) mass is 258 g/mol. The van der Waals surface area contributed by atoms with Gasteiger partial charge < -0.3 is 4.98 Å². The number of nitrogens with one attached hydrogen (secondary N) is 1. The quantitative estimate of drug-likeness (QED) is 0.684. The van der Waals surface area contributed by atoms with Crippen molar-refractivity contribution in [1.82, 2.24) is 4.98 Å². The van der Waals surface area contributed by atoms with Gasteiger partial charge in [0.1, 0.15) is 5.82 Å². The fourth-order valence-corrected chi connectivity index (χ4v) is 2.43. The third-order valence-corrected chi connectivity index (χ3v) is 3.45. The minimum Gasteiger partial charge on any atom is -0.360 e. The highest BCUT2D eigenvalue weighted by atomic mass is 32.2. The summed E-state index contributed by atoms with van der Waals surface area (Å²) in [5.41, 5.74) is 2.93. The van der Waals surface area contributed by atoms with Crippen LogP contribution in [0.3, 0.4) is 0 Å². The Balaban J connectivity index is 2.19. The van der Waals surface area contributed by atoms with E-state index in [-0.39, 0.29) is 5.82 Å². The van der Waals surface area contributed by atoms with Crippen molar-refractivity contribution in [3.8, 4) is 11.1 Å². The molecule has 0 aliphatic rings. The van der Waals surface area contributed by atoms with Crippen LogP contribution in [-0.2, 0) is 0 Å². The summed E-state index contributed by atoms with van der Waals surface area (Å²) in [6.45, 7) is 0. The van der Waals surface area contributed by atoms with E-state index in [0.29, 0.717) is 0 Å². The van der Waals surface area contributed by atoms with E-state index in [1.54, 1.807) is 6.07 Å². The lowest BCUT2D eigenvalue weighted by Gasteiger charge is -2.02. The molecule has 0 amide bonds. The number of rotatable bonds is 2. The smallest absolute Gasteiger partial charge is 0.125 e. The van der Waals surface area contributed by atoms with Crippen LogP contribution in [0.2, 0.25) is 0 Å². The molecule has 4 heteroatoms. The first-order chi connectivity index (χ1) is 8.78. The Morgan fingerprint density at radius 3 is 2.83 bits per heavy atom. The van der Waals surface area contributed by atoms with Gasteiger partial charge in [-0.25, -0.2) is 4.39 Å². The summed E-state index contributed by atoms with van der Waals surface area (Å²) in [5.74, 6) is -0.234. The summed E-state index contributed by atoms with van der Waals surface area (Å²) in [7, 11) is 0. The predicted molar refractivity (Wildman–Crippen MR) is 73.7 cm³/mol. The van der Waals surface area contributed by atoms with E-state index in [0.717, 1.165) is 26.9 Å². The number of halogens is 1. The molecule has 0 atom stereocenters. The van der Waals surface area contributed by atoms with Gasteiger partial charge in [-0.2, -0.15) is 0 Å². The summed E-state index contributed by atoms with van der Waals surface area (Å²) >= 11 is 1.22. The van der Waals surface area contributed by atoms with Gasteiger partial charge in [0.25, 0.3) is 0 Å². The molecule has 0 unspecified atom stereocenters. The van der Waals surface area contributed by atoms with Gasteiger partial charge >= 0.3 is 0 Å². The van der Waals surface area contributed by atoms with E-state index in [9.17, 15) is 4.39 Å². The zero-order valence-electron chi connectivity index (χ0n) is 9.48. The third-order valence-electron chi connectivity index (χ3n) is 2.92. The van der Waals surface area contributed by atoms with Gasteiger partial charge in [-0.1, -0.05) is 12.1 Å². The topological polar surface area (TPSA) is 41.8 Å². The number of aromatic nitrogens is 1. The number of H-pyrrole nitrogens is 1. The number of hydrogen-bond acceptors (Lipinski definition) is 2. The van der Waals surface area contributed by atoms with Crippen molar-refractivity contribution in [2.24, 2.45) is 5.14 Å². The van der Waals surface area contributed by atoms with Crippen LogP contribution >= 0.6 is 11.9 Å². The van der Waals surface area contributed by atoms with Crippen LogP contribution in [0.15, 0.2) is 53.6 Å². The molecule has 1 aromatic heterocycles. The molecule has 0 spiro atoms. The fourth-order valence-electron chi connectivity index (χ4n) is 2.07. The molecule has 3 aromatic rings. The highest BCUT2D eigenvalue weighted by Gasteiger charge is 2.07. The molecule has 0 saturated heterocycles. The maximum atomic E-state index is 13.1. The first-order valence-electron chi connectivity index (χ1n) is 5.52. The molecule has 90 valence electrons. The average molecular weight is 258 g/mol. The molecule has 0 radical (unpaired) electrons. The second kappa shape index (κ2) is 4.48. The van der Waals surface area contributed by atoms with Gasteiger partial charge in [0.2, 0.25) is 0 Å². The van der Waals surface area contributed by atoms with E-state index in [1.165, 1.54) is 24.1 Å². The largest absolute Gasteiger partial charge is 0.360 e. The predicted octanol–water partition coefficient (Wildman–Crippen LogP) is 3.94. The maximum absolute atomic E-state index is 13.1. The Morgan fingerprint density at radius 1 is 1.11 bits per heavy atom. The molecule has 0 fully saturated rings. The molecule has 0 aliphatic carbocycles. The fraction of sp³-hybridized carbons (Fsp3) is 0. The summed E-state index contributed by atoms with van der Waals surface area (Å²) in [6.07, 6.45) is 1.89. The van der Waals surface area contributed by atoms with E-state index >= 15 is 0 Å². The Labute approximate surface area is 108 Å². The van der Waals surface area contributed by atoms with E-state index in [1.807, 2.05) is 30.5 Å². The van der Waals surface area contributed by atoms with Gasteiger partial charge in [-0.3, -0.25) is 5.14 Å². The minimum absolute atomic E-state index is 0.234. The maximum Gasteiger partial charge on any atom is 0.125 e. The molecule has 0 saturated carbocycles. The molecule has 0 bridgehead atoms. The lowest BCUT2D eigenvalue weighted by atomic mass is 10.1. The summed E-state index contributed by atoms with van der Waals surface area (Å²) in [6, 6.07) is 12.7. The summed E-state index contributed by atoms with van der Waals surface area (Å²) < 4.78 is 13.1. The number of hydrogen-bond donors (Lipinski definition) is 2. The number of aromatic amines is 1. The van der Waals surface area contributed by atoms with Crippen molar-refractivity contribution in [3.63, 3.8) is 0 Å². The first-order valence-corrected chi connectivity index (χ1v) is 6.40. The van der Waals surface area contributed by atoms with Crippen molar-refractivity contribution in [2.75, 3.05) is 0 Å². The zero-order chi connectivity index (χ0) is 12.5. The van der Waals surface area contributed by atoms with Gasteiger partial charge in [0.05, 0.1) is 0 Å². The third kappa shape index (κ3) is 1.89. The Bertz CT molecular complexity index is 706. The number of benzene rings is 2. The van der Waals surface area contributed by atoms with E-state index < -0.39 is 0 Å². The van der Waals surface area contributed by atoms with Crippen LogP contribution in [0.1, 0.15) is 0 Å². The van der Waals surface area contributed by atoms with Gasteiger partial charge in [0, 0.05) is 27.6 Å². The molecular weight excluding hydrogens is 247 g/mol. The van der Waals surface area contributed by atoms with Crippen LogP contribution in [0.4, 0.5) is 4.39 Å². The molecule has 2 nitrogen and oxygen atoms in total.